The highest BCUT2D eigenvalue weighted by Gasteiger charge is 2.36. The Hall–Kier alpha value is -7.68. The third kappa shape index (κ3) is 6.23. The van der Waals surface area contributed by atoms with E-state index in [-0.39, 0.29) is 5.41 Å². The molecular weight excluding hydrogens is 809 g/mol. The number of para-hydroxylation sites is 4. The average Bonchev–Trinajstić information content (AvgIpc) is 3.47. The quantitative estimate of drug-likeness (QED) is 0.163. The molecule has 10 aromatic carbocycles. The molecule has 0 N–H and O–H groups in total. The molecule has 2 nitrogen and oxygen atoms in total. The Kier molecular flexibility index (Phi) is 8.99. The second-order valence-corrected chi connectivity index (χ2v) is 19.7. The number of rotatable bonds is 4. The monoisotopic (exact) mass is 860 g/mol. The van der Waals surface area contributed by atoms with E-state index in [1.165, 1.54) is 134 Å². The van der Waals surface area contributed by atoms with Gasteiger partial charge in [-0.25, -0.2) is 0 Å². The van der Waals surface area contributed by atoms with Crippen LogP contribution in [0.2, 0.25) is 0 Å². The summed E-state index contributed by atoms with van der Waals surface area (Å²) >= 11 is 0. The number of anilines is 6. The van der Waals surface area contributed by atoms with Crippen LogP contribution in [-0.4, -0.2) is 0 Å². The van der Waals surface area contributed by atoms with Gasteiger partial charge in [0.05, 0.1) is 0 Å². The van der Waals surface area contributed by atoms with Crippen LogP contribution in [0.15, 0.2) is 194 Å². The van der Waals surface area contributed by atoms with Gasteiger partial charge in [0.2, 0.25) is 0 Å². The molecule has 1 aliphatic carbocycles. The summed E-state index contributed by atoms with van der Waals surface area (Å²) in [6.45, 7) is 9.28. The van der Waals surface area contributed by atoms with Crippen molar-refractivity contribution in [2.24, 2.45) is 0 Å². The molecule has 0 fully saturated rings. The molecule has 0 spiro atoms. The maximum absolute atomic E-state index is 2.53. The zero-order valence-electron chi connectivity index (χ0n) is 38.7. The Bertz CT molecular complexity index is 3550. The summed E-state index contributed by atoms with van der Waals surface area (Å²) in [5.74, 6) is 0. The molecule has 0 saturated carbocycles. The van der Waals surface area contributed by atoms with E-state index in [4.69, 9.17) is 0 Å². The average molecular weight is 861 g/mol. The maximum Gasteiger partial charge on any atom is 0.0493 e. The lowest BCUT2D eigenvalue weighted by Crippen LogP contribution is -2.15. The SMILES string of the molecule is Cc1cc(C)cc(-c2c3ccc(N4c5ccccc5CCc5ccccc54)cc3c(-c3ccc4c(c3)C(C)(C)c3ccccc3-4)c3ccc(N4c5ccccc5CCc5ccccc54)cc23)c1. The second kappa shape index (κ2) is 15.2. The summed E-state index contributed by atoms with van der Waals surface area (Å²) in [5, 5.41) is 5.02. The van der Waals surface area contributed by atoms with E-state index < -0.39 is 0 Å². The first kappa shape index (κ1) is 39.7. The lowest BCUT2D eigenvalue weighted by atomic mass is 9.80. The standard InChI is InChI=1S/C65H52N2/c1-41-35-42(2)37-48(36-41)64-54-34-31-49(66-59-21-11-5-15-43(59)25-26-44-16-6-12-22-60(44)66)39-55(54)63(47-29-32-52-51-19-9-10-20-57(51)65(3,4)58(52)38-47)53-33-30-50(40-56(53)64)67-61-23-13-7-17-45(61)27-28-46-18-8-14-24-62(46)67/h5-24,29-40H,25-28H2,1-4H3. The number of nitrogens with zero attached hydrogens (tertiary/aromatic N) is 2. The van der Waals surface area contributed by atoms with Gasteiger partial charge in [-0.2, -0.15) is 0 Å². The summed E-state index contributed by atoms with van der Waals surface area (Å²) < 4.78 is 0. The largest absolute Gasteiger partial charge is 0.310 e. The van der Waals surface area contributed by atoms with Crippen molar-refractivity contribution in [3.8, 4) is 33.4 Å². The van der Waals surface area contributed by atoms with Gasteiger partial charge in [0.15, 0.2) is 0 Å². The molecule has 10 aromatic rings. The first-order valence-electron chi connectivity index (χ1n) is 24.1. The molecule has 322 valence electrons. The Morgan fingerprint density at radius 1 is 0.343 bits per heavy atom. The highest BCUT2D eigenvalue weighted by molar-refractivity contribution is 6.23. The molecule has 2 heteroatoms. The van der Waals surface area contributed by atoms with Crippen molar-refractivity contribution in [1.29, 1.82) is 0 Å². The van der Waals surface area contributed by atoms with Crippen LogP contribution in [0.25, 0.3) is 54.9 Å². The number of hydrogen-bond donors (Lipinski definition) is 0. The van der Waals surface area contributed by atoms with Crippen LogP contribution in [0.3, 0.4) is 0 Å². The van der Waals surface area contributed by atoms with Crippen molar-refractivity contribution in [2.45, 2.75) is 58.8 Å². The van der Waals surface area contributed by atoms with Gasteiger partial charge in [-0.3, -0.25) is 0 Å². The molecule has 0 atom stereocenters. The van der Waals surface area contributed by atoms with Gasteiger partial charge in [0.25, 0.3) is 0 Å². The van der Waals surface area contributed by atoms with Crippen LogP contribution in [0.1, 0.15) is 58.4 Å². The summed E-state index contributed by atoms with van der Waals surface area (Å²) in [4.78, 5) is 5.06. The van der Waals surface area contributed by atoms with Crippen molar-refractivity contribution in [2.75, 3.05) is 9.80 Å². The van der Waals surface area contributed by atoms with Crippen LogP contribution in [0.5, 0.6) is 0 Å². The lowest BCUT2D eigenvalue weighted by molar-refractivity contribution is 0.660. The van der Waals surface area contributed by atoms with Crippen LogP contribution in [-0.2, 0) is 31.1 Å². The third-order valence-corrected chi connectivity index (χ3v) is 15.2. The molecule has 2 heterocycles. The zero-order valence-corrected chi connectivity index (χ0v) is 38.7. The molecule has 2 aliphatic heterocycles. The molecule has 3 aliphatic rings. The Morgan fingerprint density at radius 3 is 1.25 bits per heavy atom. The van der Waals surface area contributed by atoms with E-state index in [1.807, 2.05) is 0 Å². The van der Waals surface area contributed by atoms with Crippen LogP contribution < -0.4 is 9.80 Å². The van der Waals surface area contributed by atoms with Crippen LogP contribution >= 0.6 is 0 Å². The maximum atomic E-state index is 2.53. The topological polar surface area (TPSA) is 6.48 Å². The van der Waals surface area contributed by atoms with Crippen molar-refractivity contribution < 1.29 is 0 Å². The molecule has 0 radical (unpaired) electrons. The number of aryl methyl sites for hydroxylation is 6. The fourth-order valence-corrected chi connectivity index (χ4v) is 12.2. The van der Waals surface area contributed by atoms with Gasteiger partial charge >= 0.3 is 0 Å². The highest BCUT2D eigenvalue weighted by atomic mass is 15.2. The Morgan fingerprint density at radius 2 is 0.761 bits per heavy atom. The summed E-state index contributed by atoms with van der Waals surface area (Å²) in [5.41, 5.74) is 25.7. The van der Waals surface area contributed by atoms with E-state index in [0.717, 1.165) is 25.7 Å². The highest BCUT2D eigenvalue weighted by Crippen LogP contribution is 2.53. The van der Waals surface area contributed by atoms with E-state index in [2.05, 4.69) is 232 Å². The van der Waals surface area contributed by atoms with Gasteiger partial charge in [-0.1, -0.05) is 165 Å². The molecule has 0 aromatic heterocycles. The first-order chi connectivity index (χ1) is 32.8. The molecule has 0 unspecified atom stereocenters. The molecule has 0 bridgehead atoms. The predicted octanol–water partition coefficient (Wildman–Crippen LogP) is 17.4. The van der Waals surface area contributed by atoms with Gasteiger partial charge in [-0.05, 0) is 182 Å². The zero-order chi connectivity index (χ0) is 45.0. The number of hydrogen-bond acceptors (Lipinski definition) is 2. The van der Waals surface area contributed by atoms with Gasteiger partial charge in [-0.15, -0.1) is 0 Å². The molecule has 13 rings (SSSR count). The number of fused-ring (bicyclic) bond motifs is 9. The molecular formula is C65H52N2. The molecule has 67 heavy (non-hydrogen) atoms. The summed E-state index contributed by atoms with van der Waals surface area (Å²) in [6.07, 6.45) is 4.02. The molecule has 0 amide bonds. The Balaban J connectivity index is 1.15. The van der Waals surface area contributed by atoms with Crippen LogP contribution in [0, 0.1) is 13.8 Å². The van der Waals surface area contributed by atoms with E-state index in [9.17, 15) is 0 Å². The van der Waals surface area contributed by atoms with Crippen molar-refractivity contribution in [1.82, 2.24) is 0 Å². The lowest BCUT2D eigenvalue weighted by Gasteiger charge is -2.29. The minimum Gasteiger partial charge on any atom is -0.310 e. The van der Waals surface area contributed by atoms with Gasteiger partial charge in [0, 0.05) is 39.5 Å². The van der Waals surface area contributed by atoms with Gasteiger partial charge < -0.3 is 9.80 Å². The predicted molar refractivity (Wildman–Crippen MR) is 284 cm³/mol. The first-order valence-corrected chi connectivity index (χ1v) is 24.1. The van der Waals surface area contributed by atoms with Crippen molar-refractivity contribution in [3.63, 3.8) is 0 Å². The fraction of sp³-hybridized carbons (Fsp3) is 0.138. The van der Waals surface area contributed by atoms with E-state index in [0.29, 0.717) is 0 Å². The van der Waals surface area contributed by atoms with Crippen LogP contribution in [0.4, 0.5) is 34.1 Å². The van der Waals surface area contributed by atoms with Crippen molar-refractivity contribution in [3.05, 3.63) is 239 Å². The normalized spacial score (nSPS) is 14.4. The van der Waals surface area contributed by atoms with E-state index in [1.54, 1.807) is 0 Å². The third-order valence-electron chi connectivity index (χ3n) is 15.2. The van der Waals surface area contributed by atoms with Crippen molar-refractivity contribution >= 4 is 55.7 Å². The second-order valence-electron chi connectivity index (χ2n) is 19.7. The minimum absolute atomic E-state index is 0.141. The summed E-state index contributed by atoms with van der Waals surface area (Å²) in [6, 6.07) is 74.1. The Labute approximate surface area is 394 Å². The van der Waals surface area contributed by atoms with Gasteiger partial charge in [0.1, 0.15) is 0 Å². The summed E-state index contributed by atoms with van der Waals surface area (Å²) in [7, 11) is 0. The fourth-order valence-electron chi connectivity index (χ4n) is 12.2. The minimum atomic E-state index is -0.141. The van der Waals surface area contributed by atoms with E-state index >= 15 is 0 Å². The number of benzene rings is 10. The molecule has 0 saturated heterocycles. The smallest absolute Gasteiger partial charge is 0.0493 e.